The molecular formula is C16H27NO7. The highest BCUT2D eigenvalue weighted by atomic mass is 16.5. The minimum atomic E-state index is -1.46. The number of rotatable bonds is 8. The largest absolute Gasteiger partial charge is 0.480 e. The second-order valence-electron chi connectivity index (χ2n) is 6.08. The van der Waals surface area contributed by atoms with Gasteiger partial charge >= 0.3 is 5.97 Å². The fourth-order valence-corrected chi connectivity index (χ4v) is 2.65. The summed E-state index contributed by atoms with van der Waals surface area (Å²) >= 11 is 0. The van der Waals surface area contributed by atoms with E-state index in [4.69, 9.17) is 9.84 Å². The lowest BCUT2D eigenvalue weighted by atomic mass is 9.89. The van der Waals surface area contributed by atoms with Crippen LogP contribution in [0.3, 0.4) is 0 Å². The van der Waals surface area contributed by atoms with Crippen molar-refractivity contribution in [2.45, 2.75) is 58.0 Å². The Kier molecular flexibility index (Phi) is 7.65. The number of aliphatic hydroxyl groups is 3. The summed E-state index contributed by atoms with van der Waals surface area (Å²) in [7, 11) is 0. The third-order valence-corrected chi connectivity index (χ3v) is 4.43. The van der Waals surface area contributed by atoms with Crippen molar-refractivity contribution in [1.29, 1.82) is 0 Å². The first-order valence-corrected chi connectivity index (χ1v) is 8.16. The van der Waals surface area contributed by atoms with Crippen molar-refractivity contribution in [2.24, 2.45) is 11.8 Å². The maximum atomic E-state index is 11.9. The topological polar surface area (TPSA) is 136 Å². The molecule has 8 nitrogen and oxygen atoms in total. The zero-order valence-electron chi connectivity index (χ0n) is 14.2. The van der Waals surface area contributed by atoms with Crippen LogP contribution < -0.4 is 5.32 Å². The van der Waals surface area contributed by atoms with Gasteiger partial charge in [-0.3, -0.25) is 4.79 Å². The quantitative estimate of drug-likeness (QED) is 0.405. The second-order valence-corrected chi connectivity index (χ2v) is 6.08. The van der Waals surface area contributed by atoms with E-state index in [2.05, 4.69) is 5.32 Å². The molecule has 0 aromatic rings. The van der Waals surface area contributed by atoms with Crippen molar-refractivity contribution in [2.75, 3.05) is 6.54 Å². The Morgan fingerprint density at radius 1 is 1.29 bits per heavy atom. The Morgan fingerprint density at radius 3 is 2.38 bits per heavy atom. The van der Waals surface area contributed by atoms with Crippen LogP contribution in [0.25, 0.3) is 0 Å². The molecule has 2 unspecified atom stereocenters. The molecule has 1 aliphatic heterocycles. The van der Waals surface area contributed by atoms with Crippen LogP contribution >= 0.6 is 0 Å². The number of carboxylic acid groups (broad SMARTS) is 1. The molecule has 0 fully saturated rings. The summed E-state index contributed by atoms with van der Waals surface area (Å²) in [5.41, 5.74) is 0. The highest BCUT2D eigenvalue weighted by Crippen LogP contribution is 2.27. The number of carboxylic acids is 1. The molecule has 1 rings (SSSR count). The number of amides is 1. The Hall–Kier alpha value is -1.64. The lowest BCUT2D eigenvalue weighted by molar-refractivity contribution is -0.149. The normalized spacial score (nSPS) is 26.3. The fraction of sp³-hybridized carbons (Fsp3) is 0.750. The third kappa shape index (κ3) is 4.93. The van der Waals surface area contributed by atoms with Crippen LogP contribution in [-0.4, -0.2) is 63.3 Å². The van der Waals surface area contributed by atoms with Gasteiger partial charge in [-0.05, 0) is 18.9 Å². The average Bonchev–Trinajstić information content (AvgIpc) is 2.55. The molecule has 5 atom stereocenters. The standard InChI is InChI=1S/C16H27NO7/c1-4-9(5-2)15(21)17-7-11(19)13(20)14-8(3)10(18)6-12(24-14)16(22)23/h6,8-11,13-14,18-20H,4-5,7H2,1-3H3,(H,17,21)(H,22,23)/t8-,10?,11+,13+,14?/m1/s1. The second kappa shape index (κ2) is 9.00. The monoisotopic (exact) mass is 345 g/mol. The van der Waals surface area contributed by atoms with E-state index in [1.54, 1.807) is 6.92 Å². The van der Waals surface area contributed by atoms with Gasteiger partial charge in [-0.2, -0.15) is 0 Å². The Labute approximate surface area is 141 Å². The molecule has 5 N–H and O–H groups in total. The minimum Gasteiger partial charge on any atom is -0.480 e. The summed E-state index contributed by atoms with van der Waals surface area (Å²) in [6.07, 6.45) is -2.63. The van der Waals surface area contributed by atoms with Gasteiger partial charge in [-0.1, -0.05) is 20.8 Å². The Balaban J connectivity index is 2.68. The molecule has 24 heavy (non-hydrogen) atoms. The molecule has 0 spiro atoms. The van der Waals surface area contributed by atoms with E-state index in [0.29, 0.717) is 12.8 Å². The summed E-state index contributed by atoms with van der Waals surface area (Å²) in [5.74, 6) is -2.84. The number of aliphatic carboxylic acids is 1. The van der Waals surface area contributed by atoms with Crippen LogP contribution in [-0.2, 0) is 14.3 Å². The third-order valence-electron chi connectivity index (χ3n) is 4.43. The summed E-state index contributed by atoms with van der Waals surface area (Å²) in [4.78, 5) is 22.9. The minimum absolute atomic E-state index is 0.164. The predicted molar refractivity (Wildman–Crippen MR) is 84.9 cm³/mol. The van der Waals surface area contributed by atoms with Crippen LogP contribution in [0.15, 0.2) is 11.8 Å². The molecule has 138 valence electrons. The van der Waals surface area contributed by atoms with Crippen LogP contribution in [0, 0.1) is 11.8 Å². The summed E-state index contributed by atoms with van der Waals surface area (Å²) in [6, 6.07) is 0. The van der Waals surface area contributed by atoms with Crippen molar-refractivity contribution in [3.63, 3.8) is 0 Å². The van der Waals surface area contributed by atoms with E-state index in [1.807, 2.05) is 13.8 Å². The smallest absolute Gasteiger partial charge is 0.370 e. The molecule has 0 saturated carbocycles. The van der Waals surface area contributed by atoms with E-state index in [-0.39, 0.29) is 18.4 Å². The van der Waals surface area contributed by atoms with Gasteiger partial charge in [-0.15, -0.1) is 0 Å². The van der Waals surface area contributed by atoms with Gasteiger partial charge in [0.2, 0.25) is 11.7 Å². The maximum absolute atomic E-state index is 11.9. The van der Waals surface area contributed by atoms with Crippen molar-refractivity contribution in [3.8, 4) is 0 Å². The lowest BCUT2D eigenvalue weighted by Crippen LogP contribution is -2.51. The van der Waals surface area contributed by atoms with Crippen LogP contribution in [0.4, 0.5) is 0 Å². The number of carbonyl (C=O) groups is 2. The molecule has 1 amide bonds. The van der Waals surface area contributed by atoms with Gasteiger partial charge in [0, 0.05) is 18.4 Å². The molecule has 0 aromatic heterocycles. The number of hydrogen-bond acceptors (Lipinski definition) is 6. The van der Waals surface area contributed by atoms with Crippen LogP contribution in [0.5, 0.6) is 0 Å². The summed E-state index contributed by atoms with van der Waals surface area (Å²) in [6.45, 7) is 5.16. The first kappa shape index (κ1) is 20.4. The molecule has 1 heterocycles. The lowest BCUT2D eigenvalue weighted by Gasteiger charge is -2.36. The average molecular weight is 345 g/mol. The van der Waals surface area contributed by atoms with Crippen molar-refractivity contribution in [3.05, 3.63) is 11.8 Å². The predicted octanol–water partition coefficient (Wildman–Crippen LogP) is -0.375. The highest BCUT2D eigenvalue weighted by molar-refractivity contribution is 5.84. The summed E-state index contributed by atoms with van der Waals surface area (Å²) in [5, 5.41) is 41.7. The zero-order chi connectivity index (χ0) is 18.4. The molecule has 0 radical (unpaired) electrons. The fourth-order valence-electron chi connectivity index (χ4n) is 2.65. The highest BCUT2D eigenvalue weighted by Gasteiger charge is 2.40. The summed E-state index contributed by atoms with van der Waals surface area (Å²) < 4.78 is 5.19. The van der Waals surface area contributed by atoms with Gasteiger partial charge in [0.1, 0.15) is 18.3 Å². The van der Waals surface area contributed by atoms with E-state index in [0.717, 1.165) is 6.08 Å². The van der Waals surface area contributed by atoms with Crippen LogP contribution in [0.2, 0.25) is 0 Å². The molecule has 8 heteroatoms. The molecule has 0 aromatic carbocycles. The SMILES string of the molecule is CCC(CC)C(=O)NC[C@H](O)[C@H](O)C1OC(C(=O)O)=CC(O)[C@H]1C. The molecule has 0 bridgehead atoms. The van der Waals surface area contributed by atoms with Crippen molar-refractivity contribution < 1.29 is 34.8 Å². The van der Waals surface area contributed by atoms with E-state index < -0.39 is 42.1 Å². The van der Waals surface area contributed by atoms with Gasteiger partial charge in [-0.25, -0.2) is 4.79 Å². The number of ether oxygens (including phenoxy) is 1. The maximum Gasteiger partial charge on any atom is 0.370 e. The van der Waals surface area contributed by atoms with Gasteiger partial charge in [0.25, 0.3) is 0 Å². The molecule has 0 saturated heterocycles. The van der Waals surface area contributed by atoms with Gasteiger partial charge < -0.3 is 30.5 Å². The Morgan fingerprint density at radius 2 is 1.88 bits per heavy atom. The van der Waals surface area contributed by atoms with E-state index in [9.17, 15) is 24.9 Å². The van der Waals surface area contributed by atoms with Gasteiger partial charge in [0.05, 0.1) is 6.10 Å². The molecular weight excluding hydrogens is 318 g/mol. The number of aliphatic hydroxyl groups excluding tert-OH is 3. The Bertz CT molecular complexity index is 475. The first-order chi connectivity index (χ1) is 11.2. The van der Waals surface area contributed by atoms with E-state index in [1.165, 1.54) is 0 Å². The zero-order valence-corrected chi connectivity index (χ0v) is 14.2. The van der Waals surface area contributed by atoms with Crippen molar-refractivity contribution in [1.82, 2.24) is 5.32 Å². The molecule has 1 aliphatic rings. The van der Waals surface area contributed by atoms with Crippen LogP contribution in [0.1, 0.15) is 33.6 Å². The molecule has 0 aliphatic carbocycles. The number of carbonyl (C=O) groups excluding carboxylic acids is 1. The van der Waals surface area contributed by atoms with Crippen molar-refractivity contribution >= 4 is 11.9 Å². The number of hydrogen-bond donors (Lipinski definition) is 5. The van der Waals surface area contributed by atoms with Gasteiger partial charge in [0.15, 0.2) is 0 Å². The number of nitrogens with one attached hydrogen (secondary N) is 1. The first-order valence-electron chi connectivity index (χ1n) is 8.16. The van der Waals surface area contributed by atoms with E-state index >= 15 is 0 Å².